The number of rotatable bonds is 7. The van der Waals surface area contributed by atoms with E-state index in [1.54, 1.807) is 0 Å². The number of carbonyl (C=O) groups is 1. The molecule has 0 aromatic heterocycles. The van der Waals surface area contributed by atoms with Crippen LogP contribution < -0.4 is 5.32 Å². The highest BCUT2D eigenvalue weighted by molar-refractivity contribution is 5.78. The maximum Gasteiger partial charge on any atom is 0.234 e. The average Bonchev–Trinajstić information content (AvgIpc) is 2.65. The van der Waals surface area contributed by atoms with Crippen molar-refractivity contribution in [3.63, 3.8) is 0 Å². The molecule has 2 fully saturated rings. The maximum atomic E-state index is 12.3. The highest BCUT2D eigenvalue weighted by Crippen LogP contribution is 2.13. The zero-order valence-corrected chi connectivity index (χ0v) is 15.8. The highest BCUT2D eigenvalue weighted by atomic mass is 16.3. The van der Waals surface area contributed by atoms with Gasteiger partial charge in [0.05, 0.1) is 12.6 Å². The van der Waals surface area contributed by atoms with Crippen LogP contribution in [0.1, 0.15) is 37.7 Å². The van der Waals surface area contributed by atoms with Gasteiger partial charge in [-0.25, -0.2) is 0 Å². The topological polar surface area (TPSA) is 55.8 Å². The van der Waals surface area contributed by atoms with E-state index in [2.05, 4.69) is 45.4 Å². The molecule has 0 saturated carbocycles. The van der Waals surface area contributed by atoms with Gasteiger partial charge in [0.2, 0.25) is 5.91 Å². The summed E-state index contributed by atoms with van der Waals surface area (Å²) in [5, 5.41) is 12.8. The fraction of sp³-hybridized carbons (Fsp3) is 0.667. The molecule has 0 spiro atoms. The van der Waals surface area contributed by atoms with Crippen LogP contribution in [0.2, 0.25) is 0 Å². The van der Waals surface area contributed by atoms with E-state index in [-0.39, 0.29) is 18.1 Å². The number of piperidine rings is 2. The van der Waals surface area contributed by atoms with Crippen molar-refractivity contribution < 1.29 is 9.90 Å². The van der Waals surface area contributed by atoms with Gasteiger partial charge in [-0.2, -0.15) is 0 Å². The van der Waals surface area contributed by atoms with E-state index in [9.17, 15) is 9.90 Å². The summed E-state index contributed by atoms with van der Waals surface area (Å²) < 4.78 is 0. The Morgan fingerprint density at radius 1 is 1.08 bits per heavy atom. The minimum atomic E-state index is -0.183. The summed E-state index contributed by atoms with van der Waals surface area (Å²) in [6, 6.07) is 10.9. The van der Waals surface area contributed by atoms with Crippen LogP contribution in [-0.4, -0.2) is 72.2 Å². The first-order valence-electron chi connectivity index (χ1n) is 10.1. The Morgan fingerprint density at radius 3 is 2.62 bits per heavy atom. The van der Waals surface area contributed by atoms with Crippen molar-refractivity contribution in [2.45, 2.75) is 50.7 Å². The third-order valence-electron chi connectivity index (χ3n) is 5.58. The van der Waals surface area contributed by atoms with Gasteiger partial charge in [-0.05, 0) is 57.2 Å². The first-order valence-corrected chi connectivity index (χ1v) is 10.1. The quantitative estimate of drug-likeness (QED) is 0.777. The molecule has 2 aliphatic rings. The van der Waals surface area contributed by atoms with Crippen molar-refractivity contribution >= 4 is 5.91 Å². The van der Waals surface area contributed by atoms with E-state index in [0.717, 1.165) is 64.8 Å². The van der Waals surface area contributed by atoms with Crippen LogP contribution in [-0.2, 0) is 11.2 Å². The van der Waals surface area contributed by atoms with Gasteiger partial charge in [-0.15, -0.1) is 0 Å². The zero-order valence-electron chi connectivity index (χ0n) is 15.8. The Morgan fingerprint density at radius 2 is 1.85 bits per heavy atom. The van der Waals surface area contributed by atoms with Crippen LogP contribution in [0.25, 0.3) is 0 Å². The molecular formula is C21H33N3O2. The molecule has 0 aliphatic carbocycles. The van der Waals surface area contributed by atoms with Crippen molar-refractivity contribution in [3.8, 4) is 0 Å². The molecule has 0 bridgehead atoms. The Balaban J connectivity index is 1.34. The second-order valence-electron chi connectivity index (χ2n) is 7.80. The number of aliphatic hydroxyl groups is 1. The Labute approximate surface area is 157 Å². The molecule has 1 aromatic rings. The largest absolute Gasteiger partial charge is 0.393 e. The van der Waals surface area contributed by atoms with E-state index in [1.807, 2.05) is 0 Å². The van der Waals surface area contributed by atoms with E-state index in [0.29, 0.717) is 6.54 Å². The predicted molar refractivity (Wildman–Crippen MR) is 104 cm³/mol. The Hall–Kier alpha value is -1.43. The number of aliphatic hydroxyl groups excluding tert-OH is 1. The predicted octanol–water partition coefficient (Wildman–Crippen LogP) is 1.66. The molecule has 2 N–H and O–H groups in total. The molecule has 2 heterocycles. The third-order valence-corrected chi connectivity index (χ3v) is 5.58. The first-order chi connectivity index (χ1) is 12.7. The van der Waals surface area contributed by atoms with E-state index in [4.69, 9.17) is 0 Å². The van der Waals surface area contributed by atoms with E-state index < -0.39 is 0 Å². The summed E-state index contributed by atoms with van der Waals surface area (Å²) in [7, 11) is 0. The number of nitrogens with one attached hydrogen (secondary N) is 1. The third kappa shape index (κ3) is 6.38. The monoisotopic (exact) mass is 359 g/mol. The van der Waals surface area contributed by atoms with Crippen LogP contribution in [0.5, 0.6) is 0 Å². The fourth-order valence-electron chi connectivity index (χ4n) is 4.08. The average molecular weight is 360 g/mol. The SMILES string of the molecule is O=C(CN1CCC(O)CC1)N[C@H]1CCCN(CCCc2ccccc2)C1. The van der Waals surface area contributed by atoms with E-state index >= 15 is 0 Å². The number of benzene rings is 1. The van der Waals surface area contributed by atoms with Crippen molar-refractivity contribution in [1.29, 1.82) is 0 Å². The van der Waals surface area contributed by atoms with Crippen LogP contribution >= 0.6 is 0 Å². The lowest BCUT2D eigenvalue weighted by atomic mass is 10.0. The summed E-state index contributed by atoms with van der Waals surface area (Å²) in [6.45, 7) is 5.34. The minimum Gasteiger partial charge on any atom is -0.393 e. The lowest BCUT2D eigenvalue weighted by Gasteiger charge is -2.34. The van der Waals surface area contributed by atoms with Gasteiger partial charge in [0.1, 0.15) is 0 Å². The molecule has 1 atom stereocenters. The standard InChI is InChI=1S/C21H33N3O2/c25-20-10-14-24(15-11-20)17-21(26)22-19-9-5-13-23(16-19)12-4-8-18-6-2-1-3-7-18/h1-3,6-7,19-20,25H,4-5,8-17H2,(H,22,26)/t19-/m0/s1. The Kier molecular flexibility index (Phi) is 7.47. The van der Waals surface area contributed by atoms with Gasteiger partial charge in [0, 0.05) is 25.7 Å². The van der Waals surface area contributed by atoms with Crippen molar-refractivity contribution in [2.24, 2.45) is 0 Å². The molecule has 2 aliphatic heterocycles. The molecule has 2 saturated heterocycles. The Bertz CT molecular complexity index is 543. The number of amides is 1. The first kappa shape index (κ1) is 19.3. The van der Waals surface area contributed by atoms with Crippen molar-refractivity contribution in [2.75, 3.05) is 39.3 Å². The molecule has 0 radical (unpaired) electrons. The molecule has 144 valence electrons. The minimum absolute atomic E-state index is 0.137. The molecule has 3 rings (SSSR count). The summed E-state index contributed by atoms with van der Waals surface area (Å²) in [5.41, 5.74) is 1.40. The van der Waals surface area contributed by atoms with Gasteiger partial charge in [0.25, 0.3) is 0 Å². The normalized spacial score (nSPS) is 23.0. The number of hydrogen-bond acceptors (Lipinski definition) is 4. The highest BCUT2D eigenvalue weighted by Gasteiger charge is 2.23. The van der Waals surface area contributed by atoms with Crippen molar-refractivity contribution in [1.82, 2.24) is 15.1 Å². The smallest absolute Gasteiger partial charge is 0.234 e. The van der Waals surface area contributed by atoms with Gasteiger partial charge in [0.15, 0.2) is 0 Å². The van der Waals surface area contributed by atoms with Crippen LogP contribution in [0.15, 0.2) is 30.3 Å². The maximum absolute atomic E-state index is 12.3. The molecule has 26 heavy (non-hydrogen) atoms. The molecule has 1 amide bonds. The number of aryl methyl sites for hydroxylation is 1. The lowest BCUT2D eigenvalue weighted by molar-refractivity contribution is -0.123. The van der Waals surface area contributed by atoms with Crippen LogP contribution in [0.4, 0.5) is 0 Å². The van der Waals surface area contributed by atoms with Gasteiger partial charge < -0.3 is 15.3 Å². The van der Waals surface area contributed by atoms with Crippen molar-refractivity contribution in [3.05, 3.63) is 35.9 Å². The number of nitrogens with zero attached hydrogens (tertiary/aromatic N) is 2. The van der Waals surface area contributed by atoms with Crippen LogP contribution in [0.3, 0.4) is 0 Å². The lowest BCUT2D eigenvalue weighted by Crippen LogP contribution is -2.51. The molecule has 5 nitrogen and oxygen atoms in total. The second-order valence-corrected chi connectivity index (χ2v) is 7.80. The van der Waals surface area contributed by atoms with Gasteiger partial charge in [-0.3, -0.25) is 9.69 Å². The number of carbonyl (C=O) groups excluding carboxylic acids is 1. The number of likely N-dealkylation sites (tertiary alicyclic amines) is 2. The summed E-state index contributed by atoms with van der Waals surface area (Å²) in [5.74, 6) is 0.137. The summed E-state index contributed by atoms with van der Waals surface area (Å²) >= 11 is 0. The van der Waals surface area contributed by atoms with Gasteiger partial charge >= 0.3 is 0 Å². The fourth-order valence-corrected chi connectivity index (χ4v) is 4.08. The summed E-state index contributed by atoms with van der Waals surface area (Å²) in [4.78, 5) is 17.0. The molecule has 5 heteroatoms. The summed E-state index contributed by atoms with van der Waals surface area (Å²) in [6.07, 6.45) is 5.91. The zero-order chi connectivity index (χ0) is 18.2. The molecular weight excluding hydrogens is 326 g/mol. The van der Waals surface area contributed by atoms with E-state index in [1.165, 1.54) is 12.0 Å². The molecule has 1 aromatic carbocycles. The second kappa shape index (κ2) is 10.0. The molecule has 0 unspecified atom stereocenters. The number of hydrogen-bond donors (Lipinski definition) is 2. The van der Waals surface area contributed by atoms with Gasteiger partial charge in [-0.1, -0.05) is 30.3 Å². The van der Waals surface area contributed by atoms with Crippen LogP contribution in [0, 0.1) is 0 Å².